The molecule has 1 amide bonds. The predicted octanol–water partition coefficient (Wildman–Crippen LogP) is 4.13. The minimum absolute atomic E-state index is 0.341. The number of aromatic nitrogens is 2. The maximum Gasteiger partial charge on any atom is 0.414 e. The van der Waals surface area contributed by atoms with Gasteiger partial charge in [-0.25, -0.2) is 14.8 Å². The highest BCUT2D eigenvalue weighted by molar-refractivity contribution is 9.10. The fourth-order valence-electron chi connectivity index (χ4n) is 2.52. The zero-order valence-corrected chi connectivity index (χ0v) is 15.4. The van der Waals surface area contributed by atoms with Gasteiger partial charge in [0.15, 0.2) is 0 Å². The van der Waals surface area contributed by atoms with Crippen LogP contribution in [0.5, 0.6) is 0 Å². The number of para-hydroxylation sites is 2. The number of hydrogen-bond acceptors (Lipinski definition) is 5. The molecule has 126 valence electrons. The molecule has 1 aromatic heterocycles. The molecule has 2 heterocycles. The topological polar surface area (TPSA) is 58.6 Å². The zero-order valence-electron chi connectivity index (χ0n) is 13.9. The molecule has 0 fully saturated rings. The number of halogens is 1. The Kier molecular flexibility index (Phi) is 4.45. The Morgan fingerprint density at radius 2 is 1.75 bits per heavy atom. The summed E-state index contributed by atoms with van der Waals surface area (Å²) < 4.78 is 6.35. The van der Waals surface area contributed by atoms with Crippen molar-refractivity contribution in [1.29, 1.82) is 0 Å². The van der Waals surface area contributed by atoms with Gasteiger partial charge in [-0.2, -0.15) is 0 Å². The molecule has 0 atom stereocenters. The molecule has 24 heavy (non-hydrogen) atoms. The first-order valence-electron chi connectivity index (χ1n) is 7.70. The normalized spacial score (nSPS) is 14.3. The summed E-state index contributed by atoms with van der Waals surface area (Å²) in [5.41, 5.74) is 1.15. The number of anilines is 3. The van der Waals surface area contributed by atoms with Crippen molar-refractivity contribution in [3.05, 3.63) is 41.1 Å². The largest absolute Gasteiger partial charge is 0.443 e. The average Bonchev–Trinajstić information content (AvgIpc) is 2.53. The second kappa shape index (κ2) is 6.39. The summed E-state index contributed by atoms with van der Waals surface area (Å²) in [6, 6.07) is 7.70. The molecule has 1 aromatic carbocycles. The number of rotatable bonds is 1. The lowest BCUT2D eigenvalue weighted by molar-refractivity contribution is 0.0580. The predicted molar refractivity (Wildman–Crippen MR) is 96.8 cm³/mol. The lowest BCUT2D eigenvalue weighted by atomic mass is 10.1. The molecule has 2 aromatic rings. The van der Waals surface area contributed by atoms with Crippen LogP contribution in [-0.4, -0.2) is 34.8 Å². The molecular weight excluding hydrogens is 372 g/mol. The number of fused-ring (bicyclic) bond motifs is 1. The van der Waals surface area contributed by atoms with Crippen molar-refractivity contribution in [1.82, 2.24) is 9.97 Å². The fourth-order valence-corrected chi connectivity index (χ4v) is 2.73. The molecule has 0 radical (unpaired) electrons. The van der Waals surface area contributed by atoms with Crippen LogP contribution in [0.15, 0.2) is 41.1 Å². The van der Waals surface area contributed by atoms with E-state index in [4.69, 9.17) is 4.74 Å². The van der Waals surface area contributed by atoms with Crippen LogP contribution in [0, 0.1) is 0 Å². The van der Waals surface area contributed by atoms with E-state index in [0.29, 0.717) is 19.0 Å². The van der Waals surface area contributed by atoms with E-state index in [1.54, 1.807) is 17.3 Å². The molecule has 3 rings (SSSR count). The van der Waals surface area contributed by atoms with Gasteiger partial charge in [-0.3, -0.25) is 4.90 Å². The van der Waals surface area contributed by atoms with Crippen LogP contribution in [0.2, 0.25) is 0 Å². The van der Waals surface area contributed by atoms with Gasteiger partial charge in [0.05, 0.1) is 15.8 Å². The molecular formula is C17H19BrN4O2. The third kappa shape index (κ3) is 3.51. The van der Waals surface area contributed by atoms with Crippen molar-refractivity contribution in [2.75, 3.05) is 22.9 Å². The minimum atomic E-state index is -0.530. The number of hydrogen-bond donors (Lipinski definition) is 0. The maximum atomic E-state index is 12.5. The van der Waals surface area contributed by atoms with Gasteiger partial charge in [0.25, 0.3) is 0 Å². The van der Waals surface area contributed by atoms with Crippen LogP contribution in [0.3, 0.4) is 0 Å². The van der Waals surface area contributed by atoms with Gasteiger partial charge in [-0.1, -0.05) is 12.1 Å². The summed E-state index contributed by atoms with van der Waals surface area (Å²) in [6.45, 7) is 6.69. The Hall–Kier alpha value is -2.15. The highest BCUT2D eigenvalue weighted by Crippen LogP contribution is 2.36. The molecule has 1 aliphatic rings. The molecule has 0 N–H and O–H groups in total. The molecule has 0 saturated carbocycles. The Labute approximate surface area is 149 Å². The van der Waals surface area contributed by atoms with Gasteiger partial charge < -0.3 is 9.64 Å². The second-order valence-corrected chi connectivity index (χ2v) is 7.39. The van der Waals surface area contributed by atoms with Crippen LogP contribution in [0.1, 0.15) is 20.8 Å². The number of nitrogens with zero attached hydrogens (tertiary/aromatic N) is 4. The Morgan fingerprint density at radius 1 is 1.12 bits per heavy atom. The Balaban J connectivity index is 1.93. The van der Waals surface area contributed by atoms with Gasteiger partial charge in [0.1, 0.15) is 5.60 Å². The van der Waals surface area contributed by atoms with Gasteiger partial charge in [-0.15, -0.1) is 0 Å². The lowest BCUT2D eigenvalue weighted by Gasteiger charge is -2.37. The smallest absolute Gasteiger partial charge is 0.414 e. The SMILES string of the molecule is CC(C)(C)OC(=O)N1CCN(c2ncc(Br)cn2)c2ccccc21. The van der Waals surface area contributed by atoms with Crippen molar-refractivity contribution in [2.45, 2.75) is 26.4 Å². The van der Waals surface area contributed by atoms with Crippen molar-refractivity contribution in [3.8, 4) is 0 Å². The molecule has 0 aliphatic carbocycles. The summed E-state index contributed by atoms with van der Waals surface area (Å²) in [6.07, 6.45) is 3.09. The number of carbonyl (C=O) groups excluding carboxylic acids is 1. The van der Waals surface area contributed by atoms with E-state index in [2.05, 4.69) is 25.9 Å². The van der Waals surface area contributed by atoms with Gasteiger partial charge in [0, 0.05) is 25.5 Å². The molecule has 0 unspecified atom stereocenters. The fraction of sp³-hybridized carbons (Fsp3) is 0.353. The average molecular weight is 391 g/mol. The molecule has 6 nitrogen and oxygen atoms in total. The van der Waals surface area contributed by atoms with Crippen molar-refractivity contribution < 1.29 is 9.53 Å². The minimum Gasteiger partial charge on any atom is -0.443 e. The maximum absolute atomic E-state index is 12.5. The Bertz CT molecular complexity index is 743. The van der Waals surface area contributed by atoms with E-state index >= 15 is 0 Å². The summed E-state index contributed by atoms with van der Waals surface area (Å²) in [5, 5.41) is 0. The number of amides is 1. The first-order valence-corrected chi connectivity index (χ1v) is 8.49. The summed E-state index contributed by atoms with van der Waals surface area (Å²) in [5.74, 6) is 0.606. The van der Waals surface area contributed by atoms with E-state index in [1.165, 1.54) is 0 Å². The summed E-state index contributed by atoms with van der Waals surface area (Å²) >= 11 is 3.34. The number of carbonyl (C=O) groups is 1. The van der Waals surface area contributed by atoms with Crippen LogP contribution in [0.25, 0.3) is 0 Å². The van der Waals surface area contributed by atoms with E-state index in [-0.39, 0.29) is 6.09 Å². The second-order valence-electron chi connectivity index (χ2n) is 6.47. The molecule has 0 saturated heterocycles. The first kappa shape index (κ1) is 16.7. The lowest BCUT2D eigenvalue weighted by Crippen LogP contribution is -2.45. The van der Waals surface area contributed by atoms with Crippen molar-refractivity contribution in [3.63, 3.8) is 0 Å². The monoisotopic (exact) mass is 390 g/mol. The highest BCUT2D eigenvalue weighted by Gasteiger charge is 2.31. The van der Waals surface area contributed by atoms with E-state index < -0.39 is 5.60 Å². The van der Waals surface area contributed by atoms with Crippen LogP contribution >= 0.6 is 15.9 Å². The molecule has 0 bridgehead atoms. The van der Waals surface area contributed by atoms with E-state index in [0.717, 1.165) is 15.8 Å². The summed E-state index contributed by atoms with van der Waals surface area (Å²) in [4.78, 5) is 24.9. The van der Waals surface area contributed by atoms with Gasteiger partial charge in [0.2, 0.25) is 5.95 Å². The van der Waals surface area contributed by atoms with Crippen molar-refractivity contribution in [2.24, 2.45) is 0 Å². The molecule has 0 spiro atoms. The molecule has 1 aliphatic heterocycles. The number of ether oxygens (including phenoxy) is 1. The van der Waals surface area contributed by atoms with E-state index in [9.17, 15) is 4.79 Å². The highest BCUT2D eigenvalue weighted by atomic mass is 79.9. The van der Waals surface area contributed by atoms with Crippen molar-refractivity contribution >= 4 is 39.3 Å². The Morgan fingerprint density at radius 3 is 2.38 bits per heavy atom. The van der Waals surface area contributed by atoms with Gasteiger partial charge >= 0.3 is 6.09 Å². The van der Waals surface area contributed by atoms with Gasteiger partial charge in [-0.05, 0) is 48.8 Å². The summed E-state index contributed by atoms with van der Waals surface area (Å²) in [7, 11) is 0. The zero-order chi connectivity index (χ0) is 17.3. The van der Waals surface area contributed by atoms with Crippen LogP contribution in [0.4, 0.5) is 22.1 Å². The van der Waals surface area contributed by atoms with Crippen LogP contribution in [-0.2, 0) is 4.74 Å². The standard InChI is InChI=1S/C17H19BrN4O2/c1-17(2,3)24-16(23)22-9-8-21(13-6-4-5-7-14(13)22)15-19-10-12(18)11-20-15/h4-7,10-11H,8-9H2,1-3H3. The quantitative estimate of drug-likeness (QED) is 0.732. The third-order valence-corrected chi connectivity index (χ3v) is 3.88. The van der Waals surface area contributed by atoms with E-state index in [1.807, 2.05) is 49.9 Å². The van der Waals surface area contributed by atoms with Crippen LogP contribution < -0.4 is 9.80 Å². The number of benzene rings is 1. The third-order valence-electron chi connectivity index (χ3n) is 3.47. The first-order chi connectivity index (χ1) is 11.3. The molecule has 7 heteroatoms.